The van der Waals surface area contributed by atoms with Gasteiger partial charge in [0.2, 0.25) is 5.91 Å². The molecule has 0 bridgehead atoms. The average Bonchev–Trinajstić information content (AvgIpc) is 2.55. The third kappa shape index (κ3) is 3.18. The van der Waals surface area contributed by atoms with E-state index in [9.17, 15) is 4.79 Å². The second-order valence-corrected chi connectivity index (χ2v) is 6.53. The molecule has 22 heavy (non-hydrogen) atoms. The van der Waals surface area contributed by atoms with E-state index in [-0.39, 0.29) is 17.9 Å². The van der Waals surface area contributed by atoms with Gasteiger partial charge in [-0.15, -0.1) is 0 Å². The molecule has 0 aliphatic carbocycles. The second-order valence-electron chi connectivity index (χ2n) is 6.53. The van der Waals surface area contributed by atoms with E-state index >= 15 is 0 Å². The first kappa shape index (κ1) is 15.5. The van der Waals surface area contributed by atoms with E-state index in [4.69, 9.17) is 4.74 Å². The molecule has 1 amide bonds. The van der Waals surface area contributed by atoms with E-state index in [0.29, 0.717) is 5.92 Å². The van der Waals surface area contributed by atoms with E-state index in [1.165, 1.54) is 11.1 Å². The van der Waals surface area contributed by atoms with Crippen LogP contribution in [0.25, 0.3) is 0 Å². The van der Waals surface area contributed by atoms with E-state index in [0.717, 1.165) is 39.1 Å². The SMILES string of the molecule is CNC(=O)[C@H]1CCO[C@H]2CCN(Cc3ccccc3C)C[C@@H]21. The van der Waals surface area contributed by atoms with E-state index in [2.05, 4.69) is 41.4 Å². The number of benzene rings is 1. The van der Waals surface area contributed by atoms with Crippen LogP contribution in [0.3, 0.4) is 0 Å². The Morgan fingerprint density at radius 2 is 2.18 bits per heavy atom. The molecule has 1 aromatic rings. The summed E-state index contributed by atoms with van der Waals surface area (Å²) in [6.45, 7) is 5.86. The highest BCUT2D eigenvalue weighted by Crippen LogP contribution is 2.33. The minimum Gasteiger partial charge on any atom is -0.378 e. The number of amides is 1. The van der Waals surface area contributed by atoms with Crippen LogP contribution in [0.15, 0.2) is 24.3 Å². The van der Waals surface area contributed by atoms with Crippen molar-refractivity contribution in [3.63, 3.8) is 0 Å². The number of nitrogens with zero attached hydrogens (tertiary/aromatic N) is 1. The molecule has 0 aromatic heterocycles. The molecule has 2 aliphatic rings. The normalized spacial score (nSPS) is 28.9. The van der Waals surface area contributed by atoms with Gasteiger partial charge in [-0.2, -0.15) is 0 Å². The van der Waals surface area contributed by atoms with Crippen LogP contribution in [0.5, 0.6) is 0 Å². The standard InChI is InChI=1S/C18H26N2O2/c1-13-5-3-4-6-14(13)11-20-9-7-17-16(12-20)15(8-10-22-17)18(21)19-2/h3-6,15-17H,7-12H2,1-2H3,(H,19,21)/t15-,16+,17-/m0/s1. The molecule has 1 aromatic carbocycles. The zero-order chi connectivity index (χ0) is 15.5. The molecule has 2 aliphatic heterocycles. The lowest BCUT2D eigenvalue weighted by molar-refractivity contribution is -0.141. The summed E-state index contributed by atoms with van der Waals surface area (Å²) < 4.78 is 5.92. The molecule has 3 rings (SSSR count). The summed E-state index contributed by atoms with van der Waals surface area (Å²) >= 11 is 0. The van der Waals surface area contributed by atoms with Crippen LogP contribution in [-0.4, -0.2) is 43.7 Å². The maximum absolute atomic E-state index is 12.2. The maximum atomic E-state index is 12.2. The molecule has 2 heterocycles. The van der Waals surface area contributed by atoms with Gasteiger partial charge in [-0.3, -0.25) is 9.69 Å². The van der Waals surface area contributed by atoms with Gasteiger partial charge >= 0.3 is 0 Å². The van der Waals surface area contributed by atoms with Crippen LogP contribution in [-0.2, 0) is 16.1 Å². The maximum Gasteiger partial charge on any atom is 0.223 e. The first-order valence-corrected chi connectivity index (χ1v) is 8.29. The van der Waals surface area contributed by atoms with Crippen LogP contribution >= 0.6 is 0 Å². The molecule has 0 saturated carbocycles. The van der Waals surface area contributed by atoms with Crippen molar-refractivity contribution in [3.8, 4) is 0 Å². The second kappa shape index (κ2) is 6.80. The van der Waals surface area contributed by atoms with Crippen molar-refractivity contribution in [2.45, 2.75) is 32.4 Å². The van der Waals surface area contributed by atoms with E-state index < -0.39 is 0 Å². The Morgan fingerprint density at radius 3 is 2.95 bits per heavy atom. The predicted molar refractivity (Wildman–Crippen MR) is 86.5 cm³/mol. The molecule has 4 nitrogen and oxygen atoms in total. The summed E-state index contributed by atoms with van der Waals surface area (Å²) in [5.41, 5.74) is 2.72. The van der Waals surface area contributed by atoms with Crippen LogP contribution in [0, 0.1) is 18.8 Å². The fourth-order valence-corrected chi connectivity index (χ4v) is 3.87. The number of nitrogens with one attached hydrogen (secondary N) is 1. The summed E-state index contributed by atoms with van der Waals surface area (Å²) in [7, 11) is 1.74. The van der Waals surface area contributed by atoms with Gasteiger partial charge < -0.3 is 10.1 Å². The lowest BCUT2D eigenvalue weighted by Gasteiger charge is -2.44. The Kier molecular flexibility index (Phi) is 4.79. The summed E-state index contributed by atoms with van der Waals surface area (Å²) in [6, 6.07) is 8.56. The van der Waals surface area contributed by atoms with Crippen molar-refractivity contribution in [2.75, 3.05) is 26.7 Å². The van der Waals surface area contributed by atoms with E-state index in [1.54, 1.807) is 7.05 Å². The molecular weight excluding hydrogens is 276 g/mol. The summed E-state index contributed by atoms with van der Waals surface area (Å²) in [5.74, 6) is 0.603. The van der Waals surface area contributed by atoms with Crippen LogP contribution in [0.4, 0.5) is 0 Å². The topological polar surface area (TPSA) is 41.6 Å². The zero-order valence-corrected chi connectivity index (χ0v) is 13.5. The lowest BCUT2D eigenvalue weighted by atomic mass is 9.79. The van der Waals surface area contributed by atoms with Gasteiger partial charge in [-0.1, -0.05) is 24.3 Å². The van der Waals surface area contributed by atoms with Crippen LogP contribution in [0.2, 0.25) is 0 Å². The largest absolute Gasteiger partial charge is 0.378 e. The molecule has 0 spiro atoms. The molecule has 3 atom stereocenters. The fraction of sp³-hybridized carbons (Fsp3) is 0.611. The highest BCUT2D eigenvalue weighted by Gasteiger charge is 2.41. The van der Waals surface area contributed by atoms with Crippen molar-refractivity contribution in [1.29, 1.82) is 0 Å². The molecule has 120 valence electrons. The Hall–Kier alpha value is -1.39. The minimum atomic E-state index is 0.100. The lowest BCUT2D eigenvalue weighted by Crippen LogP contribution is -2.52. The van der Waals surface area contributed by atoms with Gasteiger partial charge in [0, 0.05) is 45.1 Å². The number of carbonyl (C=O) groups is 1. The number of piperidine rings is 1. The number of fused-ring (bicyclic) bond motifs is 1. The van der Waals surface area contributed by atoms with Gasteiger partial charge in [-0.25, -0.2) is 0 Å². The summed E-state index contributed by atoms with van der Waals surface area (Å²) in [5, 5.41) is 2.83. The van der Waals surface area contributed by atoms with Crippen molar-refractivity contribution in [2.24, 2.45) is 11.8 Å². The summed E-state index contributed by atoms with van der Waals surface area (Å²) in [6.07, 6.45) is 2.13. The molecule has 0 unspecified atom stereocenters. The number of likely N-dealkylation sites (tertiary alicyclic amines) is 1. The highest BCUT2D eigenvalue weighted by molar-refractivity contribution is 5.78. The van der Waals surface area contributed by atoms with Gasteiger partial charge in [0.1, 0.15) is 0 Å². The smallest absolute Gasteiger partial charge is 0.223 e. The van der Waals surface area contributed by atoms with Crippen molar-refractivity contribution in [1.82, 2.24) is 10.2 Å². The molecule has 0 radical (unpaired) electrons. The number of rotatable bonds is 3. The number of carbonyl (C=O) groups excluding carboxylic acids is 1. The Labute approximate surface area is 132 Å². The number of ether oxygens (including phenoxy) is 1. The number of hydrogen-bond donors (Lipinski definition) is 1. The Balaban J connectivity index is 1.69. The molecule has 1 N–H and O–H groups in total. The van der Waals surface area contributed by atoms with E-state index in [1.807, 2.05) is 0 Å². The number of aryl methyl sites for hydroxylation is 1. The molecule has 4 heteroatoms. The van der Waals surface area contributed by atoms with Gasteiger partial charge in [0.05, 0.1) is 6.10 Å². The first-order valence-electron chi connectivity index (χ1n) is 8.29. The average molecular weight is 302 g/mol. The zero-order valence-electron chi connectivity index (χ0n) is 13.5. The third-order valence-electron chi connectivity index (χ3n) is 5.19. The predicted octanol–water partition coefficient (Wildman–Crippen LogP) is 1.97. The van der Waals surface area contributed by atoms with Gasteiger partial charge in [-0.05, 0) is 30.9 Å². The molecule has 2 fully saturated rings. The molecule has 2 saturated heterocycles. The van der Waals surface area contributed by atoms with Crippen molar-refractivity contribution in [3.05, 3.63) is 35.4 Å². The van der Waals surface area contributed by atoms with Gasteiger partial charge in [0.15, 0.2) is 0 Å². The van der Waals surface area contributed by atoms with Gasteiger partial charge in [0.25, 0.3) is 0 Å². The first-order chi connectivity index (χ1) is 10.7. The highest BCUT2D eigenvalue weighted by atomic mass is 16.5. The van der Waals surface area contributed by atoms with Crippen LogP contribution in [0.1, 0.15) is 24.0 Å². The Bertz CT molecular complexity index is 532. The third-order valence-corrected chi connectivity index (χ3v) is 5.19. The Morgan fingerprint density at radius 1 is 1.36 bits per heavy atom. The quantitative estimate of drug-likeness (QED) is 0.928. The van der Waals surface area contributed by atoms with Crippen molar-refractivity contribution >= 4 is 5.91 Å². The minimum absolute atomic E-state index is 0.100. The fourth-order valence-electron chi connectivity index (χ4n) is 3.87. The number of hydrogen-bond acceptors (Lipinski definition) is 3. The monoisotopic (exact) mass is 302 g/mol. The van der Waals surface area contributed by atoms with Crippen molar-refractivity contribution < 1.29 is 9.53 Å². The molecular formula is C18H26N2O2. The van der Waals surface area contributed by atoms with Crippen LogP contribution < -0.4 is 5.32 Å². The summed E-state index contributed by atoms with van der Waals surface area (Å²) in [4.78, 5) is 14.6.